The van der Waals surface area contributed by atoms with E-state index >= 15 is 0 Å². The first-order valence-corrected chi connectivity index (χ1v) is 9.20. The number of carboxylic acids is 1. The minimum absolute atomic E-state index is 0.00222. The van der Waals surface area contributed by atoms with Crippen LogP contribution in [0.2, 0.25) is 0 Å². The van der Waals surface area contributed by atoms with Crippen LogP contribution in [-0.4, -0.2) is 57.9 Å². The van der Waals surface area contributed by atoms with Gasteiger partial charge in [0.2, 0.25) is 0 Å². The Kier molecular flexibility index (Phi) is 4.31. The van der Waals surface area contributed by atoms with Gasteiger partial charge in [-0.3, -0.25) is 4.79 Å². The summed E-state index contributed by atoms with van der Waals surface area (Å²) in [7, 11) is 0. The maximum Gasteiger partial charge on any atom is 0.317 e. The second kappa shape index (κ2) is 5.84. The zero-order valence-electron chi connectivity index (χ0n) is 15.3. The average molecular weight is 353 g/mol. The highest BCUT2D eigenvalue weighted by molar-refractivity contribution is 5.72. The number of primary amides is 1. The Bertz CT molecular complexity index is 521. The summed E-state index contributed by atoms with van der Waals surface area (Å²) in [5.41, 5.74) is 4.48. The monoisotopic (exact) mass is 353 g/mol. The van der Waals surface area contributed by atoms with E-state index in [9.17, 15) is 14.7 Å². The molecule has 4 aliphatic carbocycles. The van der Waals surface area contributed by atoms with Crippen molar-refractivity contribution < 1.29 is 19.8 Å². The predicted octanol–water partition coefficient (Wildman–Crippen LogP) is 1.30. The number of carbonyl (C=O) groups excluding carboxylic acids is 1. The number of rotatable bonds is 3. The van der Waals surface area contributed by atoms with Gasteiger partial charge < -0.3 is 26.2 Å². The first-order chi connectivity index (χ1) is 11.5. The van der Waals surface area contributed by atoms with E-state index in [-0.39, 0.29) is 28.9 Å². The molecule has 4 saturated carbocycles. The fraction of sp³-hybridized carbons (Fsp3) is 0.889. The van der Waals surface area contributed by atoms with Gasteiger partial charge in [0.05, 0.1) is 12.1 Å². The van der Waals surface area contributed by atoms with Crippen molar-refractivity contribution in [1.82, 2.24) is 10.2 Å². The van der Waals surface area contributed by atoms with E-state index in [1.165, 1.54) is 6.42 Å². The van der Waals surface area contributed by atoms with Gasteiger partial charge in [-0.05, 0) is 55.8 Å². The van der Waals surface area contributed by atoms with Crippen LogP contribution in [0.15, 0.2) is 0 Å². The van der Waals surface area contributed by atoms with Gasteiger partial charge >= 0.3 is 12.0 Å². The average Bonchev–Trinajstić information content (AvgIpc) is 2.28. The summed E-state index contributed by atoms with van der Waals surface area (Å²) < 4.78 is 0. The molecule has 5 N–H and O–H groups in total. The minimum atomic E-state index is -0.812. The Morgan fingerprint density at radius 1 is 1.04 bits per heavy atom. The molecule has 5 aliphatic rings. The van der Waals surface area contributed by atoms with Crippen LogP contribution in [0.5, 0.6) is 0 Å². The van der Waals surface area contributed by atoms with E-state index in [4.69, 9.17) is 10.8 Å². The molecule has 25 heavy (non-hydrogen) atoms. The van der Waals surface area contributed by atoms with Gasteiger partial charge in [-0.1, -0.05) is 13.8 Å². The van der Waals surface area contributed by atoms with E-state index in [2.05, 4.69) is 19.2 Å². The molecule has 7 heteroatoms. The van der Waals surface area contributed by atoms with Crippen LogP contribution in [0.4, 0.5) is 4.79 Å². The molecule has 0 aromatic carbocycles. The van der Waals surface area contributed by atoms with E-state index < -0.39 is 11.6 Å². The van der Waals surface area contributed by atoms with E-state index in [1.54, 1.807) is 4.90 Å². The van der Waals surface area contributed by atoms with Crippen LogP contribution in [0, 0.1) is 10.8 Å². The Hall–Kier alpha value is -1.34. The number of carboxylic acid groups (broad SMARTS) is 1. The van der Waals surface area contributed by atoms with Gasteiger partial charge in [0.15, 0.2) is 0 Å². The molecule has 2 unspecified atom stereocenters. The normalized spacial score (nSPS) is 43.9. The summed E-state index contributed by atoms with van der Waals surface area (Å²) in [5, 5.41) is 22.9. The van der Waals surface area contributed by atoms with E-state index in [1.807, 2.05) is 0 Å². The lowest BCUT2D eigenvalue weighted by atomic mass is 9.41. The number of likely N-dealkylation sites (tertiary alicyclic amines) is 1. The Labute approximate surface area is 148 Å². The summed E-state index contributed by atoms with van der Waals surface area (Å²) >= 11 is 0. The second-order valence-corrected chi connectivity index (χ2v) is 9.61. The molecule has 1 aliphatic heterocycles. The molecular formula is C18H31N3O4. The second-order valence-electron chi connectivity index (χ2n) is 9.61. The quantitative estimate of drug-likeness (QED) is 0.610. The standard InChI is InChI=1S/C14H23NO3.C4H8N2O/c1-11-4-12(2)6-13(5-11,15-3-10(16)17)9-14(18,7-11)8-12;5-4(7)6-2-1-3-6/h15,18H,3-9H2,1-2H3,(H,16,17);1-3H2,(H2,5,7). The molecule has 5 fully saturated rings. The number of nitrogens with zero attached hydrogens (tertiary/aromatic N) is 1. The fourth-order valence-electron chi connectivity index (χ4n) is 6.62. The van der Waals surface area contributed by atoms with Crippen LogP contribution in [0.1, 0.15) is 58.8 Å². The fourth-order valence-corrected chi connectivity index (χ4v) is 6.62. The molecule has 7 nitrogen and oxygen atoms in total. The number of amides is 2. The number of urea groups is 1. The van der Waals surface area contributed by atoms with Crippen molar-refractivity contribution >= 4 is 12.0 Å². The molecule has 5 rings (SSSR count). The molecule has 0 aromatic heterocycles. The topological polar surface area (TPSA) is 116 Å². The van der Waals surface area contributed by atoms with Crippen LogP contribution >= 0.6 is 0 Å². The van der Waals surface area contributed by atoms with Crippen LogP contribution in [0.25, 0.3) is 0 Å². The minimum Gasteiger partial charge on any atom is -0.480 e. The van der Waals surface area contributed by atoms with Crippen LogP contribution < -0.4 is 11.1 Å². The third kappa shape index (κ3) is 3.77. The molecule has 0 aromatic rings. The maximum absolute atomic E-state index is 10.8. The number of nitrogens with two attached hydrogens (primary N) is 1. The summed E-state index contributed by atoms with van der Waals surface area (Å²) in [6.45, 7) is 6.22. The van der Waals surface area contributed by atoms with Crippen molar-refractivity contribution in [2.75, 3.05) is 19.6 Å². The summed E-state index contributed by atoms with van der Waals surface area (Å²) in [6, 6.07) is -0.286. The van der Waals surface area contributed by atoms with Crippen molar-refractivity contribution in [3.8, 4) is 0 Å². The van der Waals surface area contributed by atoms with Crippen molar-refractivity contribution in [2.24, 2.45) is 16.6 Å². The lowest BCUT2D eigenvalue weighted by molar-refractivity contribution is -0.205. The zero-order chi connectivity index (χ0) is 18.5. The van der Waals surface area contributed by atoms with Crippen molar-refractivity contribution in [1.29, 1.82) is 0 Å². The van der Waals surface area contributed by atoms with Crippen LogP contribution in [-0.2, 0) is 4.79 Å². The lowest BCUT2D eigenvalue weighted by Gasteiger charge is -2.68. The maximum atomic E-state index is 10.8. The first kappa shape index (κ1) is 18.5. The van der Waals surface area contributed by atoms with Crippen molar-refractivity contribution in [3.63, 3.8) is 0 Å². The number of hydrogen-bond donors (Lipinski definition) is 4. The molecule has 1 heterocycles. The highest BCUT2D eigenvalue weighted by Crippen LogP contribution is 2.67. The number of nitrogens with one attached hydrogen (secondary N) is 1. The van der Waals surface area contributed by atoms with Crippen LogP contribution in [0.3, 0.4) is 0 Å². The molecule has 4 bridgehead atoms. The molecule has 2 amide bonds. The highest BCUT2D eigenvalue weighted by atomic mass is 16.4. The molecule has 0 radical (unpaired) electrons. The third-order valence-corrected chi connectivity index (χ3v) is 6.35. The SMILES string of the molecule is CC12CC3(C)CC(O)(C1)CC(NCC(=O)O)(C2)C3.NC(=O)N1CCC1. The predicted molar refractivity (Wildman–Crippen MR) is 93.0 cm³/mol. The van der Waals surface area contributed by atoms with Gasteiger partial charge in [-0.15, -0.1) is 0 Å². The largest absolute Gasteiger partial charge is 0.480 e. The number of aliphatic hydroxyl groups is 1. The van der Waals surface area contributed by atoms with Gasteiger partial charge in [0.1, 0.15) is 0 Å². The van der Waals surface area contributed by atoms with Crippen molar-refractivity contribution in [2.45, 2.75) is 69.9 Å². The Morgan fingerprint density at radius 2 is 1.60 bits per heavy atom. The third-order valence-electron chi connectivity index (χ3n) is 6.35. The lowest BCUT2D eigenvalue weighted by Crippen LogP contribution is -2.70. The molecule has 0 spiro atoms. The summed E-state index contributed by atoms with van der Waals surface area (Å²) in [5.74, 6) is -0.812. The zero-order valence-corrected chi connectivity index (χ0v) is 15.3. The summed E-state index contributed by atoms with van der Waals surface area (Å²) in [6.07, 6.45) is 6.77. The number of aliphatic carboxylic acids is 1. The number of hydrogen-bond acceptors (Lipinski definition) is 4. The smallest absolute Gasteiger partial charge is 0.317 e. The molecule has 1 saturated heterocycles. The van der Waals surface area contributed by atoms with E-state index in [0.29, 0.717) is 0 Å². The van der Waals surface area contributed by atoms with Gasteiger partial charge in [0, 0.05) is 18.6 Å². The van der Waals surface area contributed by atoms with E-state index in [0.717, 1.165) is 51.6 Å². The summed E-state index contributed by atoms with van der Waals surface area (Å²) in [4.78, 5) is 22.5. The Morgan fingerprint density at radius 3 is 1.92 bits per heavy atom. The molecule has 142 valence electrons. The van der Waals surface area contributed by atoms with Gasteiger partial charge in [-0.2, -0.15) is 0 Å². The highest BCUT2D eigenvalue weighted by Gasteiger charge is 2.65. The van der Waals surface area contributed by atoms with Crippen molar-refractivity contribution in [3.05, 3.63) is 0 Å². The van der Waals surface area contributed by atoms with Gasteiger partial charge in [0.25, 0.3) is 0 Å². The Balaban J connectivity index is 0.000000219. The molecule has 2 atom stereocenters. The van der Waals surface area contributed by atoms with Gasteiger partial charge in [-0.25, -0.2) is 4.79 Å². The number of carbonyl (C=O) groups is 2. The molecular weight excluding hydrogens is 322 g/mol. The first-order valence-electron chi connectivity index (χ1n) is 9.20.